The van der Waals surface area contributed by atoms with Crippen molar-refractivity contribution in [3.8, 4) is 11.3 Å². The molecular weight excluding hydrogens is 322 g/mol. The fraction of sp³-hybridized carbons (Fsp3) is 0.278. The molecule has 124 valence electrons. The highest BCUT2D eigenvalue weighted by atomic mass is 32.1. The Kier molecular flexibility index (Phi) is 4.76. The van der Waals surface area contributed by atoms with E-state index in [1.165, 1.54) is 0 Å². The lowest BCUT2D eigenvalue weighted by molar-refractivity contribution is -0.129. The van der Waals surface area contributed by atoms with Crippen LogP contribution in [0.2, 0.25) is 0 Å². The minimum atomic E-state index is 0.0411. The van der Waals surface area contributed by atoms with Gasteiger partial charge in [0.25, 0.3) is 0 Å². The lowest BCUT2D eigenvalue weighted by atomic mass is 10.1. The van der Waals surface area contributed by atoms with E-state index < -0.39 is 0 Å². The molecule has 0 bridgehead atoms. The maximum atomic E-state index is 12.4. The molecular formula is C18H19N3O2S. The van der Waals surface area contributed by atoms with Crippen LogP contribution in [0.25, 0.3) is 11.3 Å². The summed E-state index contributed by atoms with van der Waals surface area (Å²) >= 11 is 1.57. The number of nitrogens with zero attached hydrogens (tertiary/aromatic N) is 3. The van der Waals surface area contributed by atoms with Gasteiger partial charge >= 0.3 is 0 Å². The normalized spacial score (nSPS) is 10.8. The Morgan fingerprint density at radius 2 is 2.00 bits per heavy atom. The largest absolute Gasteiger partial charge is 0.359 e. The Hall–Kier alpha value is -2.47. The Bertz CT molecular complexity index is 839. The first-order chi connectivity index (χ1) is 11.5. The quantitative estimate of drug-likeness (QED) is 0.711. The molecule has 0 aliphatic heterocycles. The molecule has 0 spiro atoms. The summed E-state index contributed by atoms with van der Waals surface area (Å²) in [5, 5.41) is 5.07. The van der Waals surface area contributed by atoms with E-state index in [4.69, 9.17) is 4.52 Å². The number of hydrogen-bond acceptors (Lipinski definition) is 5. The van der Waals surface area contributed by atoms with Crippen molar-refractivity contribution in [1.82, 2.24) is 15.0 Å². The molecule has 6 heteroatoms. The van der Waals surface area contributed by atoms with Gasteiger partial charge in [0.15, 0.2) is 5.76 Å². The minimum Gasteiger partial charge on any atom is -0.359 e. The molecule has 0 N–H and O–H groups in total. The molecule has 3 aromatic rings. The minimum absolute atomic E-state index is 0.0411. The van der Waals surface area contributed by atoms with Crippen molar-refractivity contribution < 1.29 is 9.32 Å². The van der Waals surface area contributed by atoms with Crippen molar-refractivity contribution in [3.63, 3.8) is 0 Å². The molecule has 0 unspecified atom stereocenters. The molecule has 24 heavy (non-hydrogen) atoms. The zero-order valence-corrected chi connectivity index (χ0v) is 14.8. The molecule has 1 amide bonds. The summed E-state index contributed by atoms with van der Waals surface area (Å²) in [6.45, 7) is 4.29. The predicted octanol–water partition coefficient (Wildman–Crippen LogP) is 3.62. The number of thiazole rings is 1. The van der Waals surface area contributed by atoms with Crippen LogP contribution in [0.3, 0.4) is 0 Å². The van der Waals surface area contributed by atoms with Gasteiger partial charge in [-0.2, -0.15) is 0 Å². The Morgan fingerprint density at radius 1 is 1.25 bits per heavy atom. The highest BCUT2D eigenvalue weighted by Crippen LogP contribution is 2.21. The topological polar surface area (TPSA) is 59.2 Å². The second-order valence-corrected chi connectivity index (χ2v) is 7.00. The van der Waals surface area contributed by atoms with Crippen molar-refractivity contribution >= 4 is 17.2 Å². The zero-order chi connectivity index (χ0) is 17.1. The van der Waals surface area contributed by atoms with Crippen molar-refractivity contribution in [2.45, 2.75) is 26.8 Å². The van der Waals surface area contributed by atoms with E-state index in [2.05, 4.69) is 10.1 Å². The maximum absolute atomic E-state index is 12.4. The second kappa shape index (κ2) is 6.97. The number of amides is 1. The Balaban J connectivity index is 1.64. The van der Waals surface area contributed by atoms with Gasteiger partial charge < -0.3 is 9.42 Å². The van der Waals surface area contributed by atoms with Gasteiger partial charge in [0.2, 0.25) is 5.91 Å². The first-order valence-electron chi connectivity index (χ1n) is 7.71. The monoisotopic (exact) mass is 341 g/mol. The zero-order valence-electron chi connectivity index (χ0n) is 13.9. The summed E-state index contributed by atoms with van der Waals surface area (Å²) in [6.07, 6.45) is 0.369. The average Bonchev–Trinajstić information content (AvgIpc) is 3.15. The number of rotatable bonds is 5. The highest BCUT2D eigenvalue weighted by Gasteiger charge is 2.16. The first kappa shape index (κ1) is 16.4. The SMILES string of the molecule is Cc1nc(C)c(CC(=O)N(C)Cc2cc(-c3ccccc3)no2)s1. The van der Waals surface area contributed by atoms with Crippen LogP contribution in [-0.2, 0) is 17.8 Å². The van der Waals surface area contributed by atoms with Crippen molar-refractivity contribution in [2.24, 2.45) is 0 Å². The van der Waals surface area contributed by atoms with Crippen molar-refractivity contribution in [3.05, 3.63) is 57.7 Å². The summed E-state index contributed by atoms with van der Waals surface area (Å²) in [7, 11) is 1.77. The van der Waals surface area contributed by atoms with Gasteiger partial charge in [-0.05, 0) is 13.8 Å². The third-order valence-corrected chi connectivity index (χ3v) is 4.83. The molecule has 0 aliphatic carbocycles. The lowest BCUT2D eigenvalue weighted by Crippen LogP contribution is -2.27. The van der Waals surface area contributed by atoms with Crippen LogP contribution in [0.5, 0.6) is 0 Å². The summed E-state index contributed by atoms with van der Waals surface area (Å²) in [6, 6.07) is 11.7. The molecule has 0 aliphatic rings. The van der Waals surface area contributed by atoms with E-state index in [1.54, 1.807) is 23.3 Å². The highest BCUT2D eigenvalue weighted by molar-refractivity contribution is 7.11. The molecule has 0 radical (unpaired) electrons. The summed E-state index contributed by atoms with van der Waals surface area (Å²) < 4.78 is 5.36. The van der Waals surface area contributed by atoms with E-state index >= 15 is 0 Å². The van der Waals surface area contributed by atoms with Crippen LogP contribution >= 0.6 is 11.3 Å². The smallest absolute Gasteiger partial charge is 0.228 e. The van der Waals surface area contributed by atoms with Crippen LogP contribution in [0.15, 0.2) is 40.9 Å². The molecule has 0 saturated carbocycles. The number of hydrogen-bond donors (Lipinski definition) is 0. The number of aromatic nitrogens is 2. The van der Waals surface area contributed by atoms with E-state index in [-0.39, 0.29) is 5.91 Å². The van der Waals surface area contributed by atoms with E-state index in [0.29, 0.717) is 18.7 Å². The van der Waals surface area contributed by atoms with Crippen molar-refractivity contribution in [2.75, 3.05) is 7.05 Å². The van der Waals surface area contributed by atoms with Crippen LogP contribution in [-0.4, -0.2) is 28.0 Å². The second-order valence-electron chi connectivity index (χ2n) is 5.71. The van der Waals surface area contributed by atoms with Gasteiger partial charge in [0.1, 0.15) is 5.69 Å². The molecule has 2 heterocycles. The van der Waals surface area contributed by atoms with E-state index in [9.17, 15) is 4.79 Å². The third kappa shape index (κ3) is 3.71. The first-order valence-corrected chi connectivity index (χ1v) is 8.52. The molecule has 3 rings (SSSR count). The predicted molar refractivity (Wildman–Crippen MR) is 93.7 cm³/mol. The number of benzene rings is 1. The molecule has 2 aromatic heterocycles. The van der Waals surface area contributed by atoms with E-state index in [1.807, 2.05) is 50.2 Å². The molecule has 0 fully saturated rings. The van der Waals surface area contributed by atoms with Crippen LogP contribution in [0.4, 0.5) is 0 Å². The number of likely N-dealkylation sites (N-methyl/N-ethyl adjacent to an activating group) is 1. The van der Waals surface area contributed by atoms with Gasteiger partial charge in [-0.1, -0.05) is 35.5 Å². The lowest BCUT2D eigenvalue weighted by Gasteiger charge is -2.14. The Morgan fingerprint density at radius 3 is 2.67 bits per heavy atom. The van der Waals surface area contributed by atoms with E-state index in [0.717, 1.165) is 26.8 Å². The summed E-state index contributed by atoms with van der Waals surface area (Å²) in [4.78, 5) is 19.4. The van der Waals surface area contributed by atoms with Gasteiger partial charge in [-0.15, -0.1) is 11.3 Å². The maximum Gasteiger partial charge on any atom is 0.228 e. The number of aryl methyl sites for hydroxylation is 2. The number of carbonyl (C=O) groups excluding carboxylic acids is 1. The van der Waals surface area contributed by atoms with Crippen LogP contribution in [0, 0.1) is 13.8 Å². The molecule has 0 saturated heterocycles. The average molecular weight is 341 g/mol. The van der Waals surface area contributed by atoms with Crippen LogP contribution < -0.4 is 0 Å². The molecule has 1 aromatic carbocycles. The fourth-order valence-electron chi connectivity index (χ4n) is 2.46. The molecule has 5 nitrogen and oxygen atoms in total. The van der Waals surface area contributed by atoms with Crippen molar-refractivity contribution in [1.29, 1.82) is 0 Å². The summed E-state index contributed by atoms with van der Waals surface area (Å²) in [5.41, 5.74) is 2.71. The molecule has 0 atom stereocenters. The van der Waals surface area contributed by atoms with Gasteiger partial charge in [-0.3, -0.25) is 4.79 Å². The third-order valence-electron chi connectivity index (χ3n) is 3.76. The fourth-order valence-corrected chi connectivity index (χ4v) is 3.39. The van der Waals surface area contributed by atoms with Gasteiger partial charge in [0, 0.05) is 23.6 Å². The number of carbonyl (C=O) groups is 1. The van der Waals surface area contributed by atoms with Gasteiger partial charge in [0.05, 0.1) is 23.7 Å². The van der Waals surface area contributed by atoms with Gasteiger partial charge in [-0.25, -0.2) is 4.98 Å². The van der Waals surface area contributed by atoms with Crippen LogP contribution in [0.1, 0.15) is 21.3 Å². The Labute approximate surface area is 144 Å². The standard InChI is InChI=1S/C18H19N3O2S/c1-12-17(24-13(2)19-12)10-18(22)21(3)11-15-9-16(20-23-15)14-7-5-4-6-8-14/h4-9H,10-11H2,1-3H3. The summed E-state index contributed by atoms with van der Waals surface area (Å²) in [5.74, 6) is 0.710.